The molecule has 0 saturated heterocycles. The van der Waals surface area contributed by atoms with Crippen LogP contribution in [0.4, 0.5) is 0 Å². The third-order valence-electron chi connectivity index (χ3n) is 2.42. The normalized spacial score (nSPS) is 12.1. The monoisotopic (exact) mass is 221 g/mol. The smallest absolute Gasteiger partial charge is 0.220 e. The minimum atomic E-state index is 0.0366. The van der Waals surface area contributed by atoms with Crippen LogP contribution >= 0.6 is 0 Å². The molecule has 0 bridgehead atoms. The Kier molecular flexibility index (Phi) is 5.50. The van der Waals surface area contributed by atoms with E-state index in [9.17, 15) is 4.79 Å². The fourth-order valence-electron chi connectivity index (χ4n) is 1.27. The summed E-state index contributed by atoms with van der Waals surface area (Å²) in [6.45, 7) is 2.56. The third-order valence-corrected chi connectivity index (χ3v) is 2.42. The van der Waals surface area contributed by atoms with Crippen LogP contribution in [-0.4, -0.2) is 23.5 Å². The number of nitrogens with zero attached hydrogens (tertiary/aromatic N) is 1. The first-order valence-corrected chi connectivity index (χ1v) is 5.64. The summed E-state index contributed by atoms with van der Waals surface area (Å²) in [5, 5.41) is 2.81. The predicted octanol–water partition coefficient (Wildman–Crippen LogP) is 0.868. The van der Waals surface area contributed by atoms with E-state index in [1.807, 2.05) is 25.1 Å². The van der Waals surface area contributed by atoms with Gasteiger partial charge in [-0.25, -0.2) is 0 Å². The van der Waals surface area contributed by atoms with Crippen molar-refractivity contribution in [3.05, 3.63) is 30.1 Å². The number of carbonyl (C=O) groups is 1. The van der Waals surface area contributed by atoms with Gasteiger partial charge in [-0.05, 0) is 25.0 Å². The molecule has 1 aromatic heterocycles. The molecule has 3 N–H and O–H groups in total. The van der Waals surface area contributed by atoms with E-state index in [0.717, 1.165) is 12.1 Å². The van der Waals surface area contributed by atoms with Gasteiger partial charge in [0.05, 0.1) is 0 Å². The Morgan fingerprint density at radius 2 is 2.38 bits per heavy atom. The Morgan fingerprint density at radius 1 is 1.56 bits per heavy atom. The molecule has 4 nitrogen and oxygen atoms in total. The van der Waals surface area contributed by atoms with Crippen LogP contribution in [0, 0.1) is 0 Å². The van der Waals surface area contributed by atoms with E-state index in [-0.39, 0.29) is 11.9 Å². The Morgan fingerprint density at radius 3 is 3.00 bits per heavy atom. The lowest BCUT2D eigenvalue weighted by molar-refractivity contribution is -0.121. The fraction of sp³-hybridized carbons (Fsp3) is 0.500. The average molecular weight is 221 g/mol. The minimum Gasteiger partial charge on any atom is -0.355 e. The zero-order valence-electron chi connectivity index (χ0n) is 9.65. The molecule has 1 rings (SSSR count). The summed E-state index contributed by atoms with van der Waals surface area (Å²) in [7, 11) is 0. The number of hydrogen-bond acceptors (Lipinski definition) is 3. The van der Waals surface area contributed by atoms with Gasteiger partial charge < -0.3 is 11.1 Å². The highest BCUT2D eigenvalue weighted by Gasteiger charge is 2.04. The number of aromatic nitrogens is 1. The maximum Gasteiger partial charge on any atom is 0.220 e. The highest BCUT2D eigenvalue weighted by molar-refractivity contribution is 5.76. The molecule has 1 amide bonds. The van der Waals surface area contributed by atoms with Gasteiger partial charge in [-0.2, -0.15) is 0 Å². The molecule has 0 aromatic carbocycles. The summed E-state index contributed by atoms with van der Waals surface area (Å²) in [4.78, 5) is 15.6. The number of rotatable bonds is 6. The van der Waals surface area contributed by atoms with Crippen LogP contribution < -0.4 is 11.1 Å². The largest absolute Gasteiger partial charge is 0.355 e. The zero-order chi connectivity index (χ0) is 11.8. The molecule has 4 heteroatoms. The lowest BCUT2D eigenvalue weighted by Gasteiger charge is -2.09. The Hall–Kier alpha value is -1.42. The molecule has 88 valence electrons. The Labute approximate surface area is 96.3 Å². The molecule has 16 heavy (non-hydrogen) atoms. The van der Waals surface area contributed by atoms with Gasteiger partial charge in [0.15, 0.2) is 0 Å². The average Bonchev–Trinajstić information content (AvgIpc) is 2.34. The summed E-state index contributed by atoms with van der Waals surface area (Å²) in [6.07, 6.45) is 3.75. The SMILES string of the molecule is CCC(N)CNC(=O)CCc1ccccn1. The Bertz CT molecular complexity index is 313. The maximum atomic E-state index is 11.4. The van der Waals surface area contributed by atoms with Gasteiger partial charge in [-0.15, -0.1) is 0 Å². The van der Waals surface area contributed by atoms with Crippen molar-refractivity contribution in [2.75, 3.05) is 6.54 Å². The van der Waals surface area contributed by atoms with Crippen LogP contribution in [0.3, 0.4) is 0 Å². The van der Waals surface area contributed by atoms with Crippen molar-refractivity contribution in [3.8, 4) is 0 Å². The van der Waals surface area contributed by atoms with Gasteiger partial charge in [-0.1, -0.05) is 13.0 Å². The lowest BCUT2D eigenvalue weighted by Crippen LogP contribution is -2.36. The second kappa shape index (κ2) is 6.95. The van der Waals surface area contributed by atoms with Crippen molar-refractivity contribution < 1.29 is 4.79 Å². The molecule has 0 radical (unpaired) electrons. The second-order valence-corrected chi connectivity index (χ2v) is 3.79. The summed E-state index contributed by atoms with van der Waals surface area (Å²) < 4.78 is 0. The van der Waals surface area contributed by atoms with E-state index in [0.29, 0.717) is 19.4 Å². The molecule has 0 saturated carbocycles. The highest BCUT2D eigenvalue weighted by atomic mass is 16.1. The molecule has 0 aliphatic carbocycles. The van der Waals surface area contributed by atoms with E-state index in [1.165, 1.54) is 0 Å². The third kappa shape index (κ3) is 4.89. The zero-order valence-corrected chi connectivity index (χ0v) is 9.65. The van der Waals surface area contributed by atoms with Crippen LogP contribution in [0.1, 0.15) is 25.5 Å². The topological polar surface area (TPSA) is 68.0 Å². The minimum absolute atomic E-state index is 0.0366. The summed E-state index contributed by atoms with van der Waals surface area (Å²) in [6, 6.07) is 5.76. The summed E-state index contributed by atoms with van der Waals surface area (Å²) >= 11 is 0. The van der Waals surface area contributed by atoms with E-state index in [2.05, 4.69) is 10.3 Å². The van der Waals surface area contributed by atoms with Crippen LogP contribution in [0.5, 0.6) is 0 Å². The molecule has 1 atom stereocenters. The van der Waals surface area contributed by atoms with Gasteiger partial charge in [0.25, 0.3) is 0 Å². The summed E-state index contributed by atoms with van der Waals surface area (Å²) in [5.41, 5.74) is 6.64. The van der Waals surface area contributed by atoms with Crippen molar-refractivity contribution in [3.63, 3.8) is 0 Å². The number of carbonyl (C=O) groups excluding carboxylic acids is 1. The van der Waals surface area contributed by atoms with Gasteiger partial charge in [0.1, 0.15) is 0 Å². The van der Waals surface area contributed by atoms with Crippen LogP contribution in [0.25, 0.3) is 0 Å². The number of hydrogen-bond donors (Lipinski definition) is 2. The molecular weight excluding hydrogens is 202 g/mol. The van der Waals surface area contributed by atoms with Crippen molar-refractivity contribution in [1.29, 1.82) is 0 Å². The van der Waals surface area contributed by atoms with Crippen molar-refractivity contribution >= 4 is 5.91 Å². The number of pyridine rings is 1. The van der Waals surface area contributed by atoms with Gasteiger partial charge in [0, 0.05) is 30.9 Å². The molecule has 0 spiro atoms. The molecule has 1 unspecified atom stereocenters. The van der Waals surface area contributed by atoms with Crippen LogP contribution in [0.15, 0.2) is 24.4 Å². The van der Waals surface area contributed by atoms with Crippen LogP contribution in [0.2, 0.25) is 0 Å². The quantitative estimate of drug-likeness (QED) is 0.749. The first kappa shape index (κ1) is 12.6. The highest BCUT2D eigenvalue weighted by Crippen LogP contribution is 1.98. The van der Waals surface area contributed by atoms with Gasteiger partial charge >= 0.3 is 0 Å². The number of amides is 1. The number of nitrogens with two attached hydrogens (primary N) is 1. The van der Waals surface area contributed by atoms with E-state index >= 15 is 0 Å². The first-order valence-electron chi connectivity index (χ1n) is 5.64. The molecule has 1 heterocycles. The standard InChI is InChI=1S/C12H19N3O/c1-2-10(13)9-15-12(16)7-6-11-5-3-4-8-14-11/h3-5,8,10H,2,6-7,9,13H2,1H3,(H,15,16). The number of aryl methyl sites for hydroxylation is 1. The molecule has 1 aromatic rings. The van der Waals surface area contributed by atoms with Crippen molar-refractivity contribution in [2.45, 2.75) is 32.2 Å². The second-order valence-electron chi connectivity index (χ2n) is 3.79. The summed E-state index contributed by atoms with van der Waals surface area (Å²) in [5.74, 6) is 0.0366. The van der Waals surface area contributed by atoms with Gasteiger partial charge in [0.2, 0.25) is 5.91 Å². The molecular formula is C12H19N3O. The van der Waals surface area contributed by atoms with E-state index in [4.69, 9.17) is 5.73 Å². The maximum absolute atomic E-state index is 11.4. The first-order chi connectivity index (χ1) is 7.72. The predicted molar refractivity (Wildman–Crippen MR) is 63.8 cm³/mol. The van der Waals surface area contributed by atoms with Crippen molar-refractivity contribution in [2.24, 2.45) is 5.73 Å². The van der Waals surface area contributed by atoms with E-state index < -0.39 is 0 Å². The molecule has 0 aliphatic heterocycles. The number of nitrogens with one attached hydrogen (secondary N) is 1. The van der Waals surface area contributed by atoms with Crippen LogP contribution in [-0.2, 0) is 11.2 Å². The van der Waals surface area contributed by atoms with Crippen molar-refractivity contribution in [1.82, 2.24) is 10.3 Å². The lowest BCUT2D eigenvalue weighted by atomic mass is 10.2. The Balaban J connectivity index is 2.20. The molecule has 0 aliphatic rings. The fourth-order valence-corrected chi connectivity index (χ4v) is 1.27. The van der Waals surface area contributed by atoms with Gasteiger partial charge in [-0.3, -0.25) is 9.78 Å². The van der Waals surface area contributed by atoms with E-state index in [1.54, 1.807) is 6.20 Å². The molecule has 0 fully saturated rings.